The molecule has 2 saturated heterocycles. The third-order valence-electron chi connectivity index (χ3n) is 17.1. The number of rotatable bonds is 11. The van der Waals surface area contributed by atoms with Crippen LogP contribution in [0.1, 0.15) is 109 Å². The van der Waals surface area contributed by atoms with E-state index in [1.165, 1.54) is 42.5 Å². The van der Waals surface area contributed by atoms with Gasteiger partial charge in [-0.05, 0) is 118 Å². The Labute approximate surface area is 401 Å². The highest BCUT2D eigenvalue weighted by atomic mass is 19.1. The summed E-state index contributed by atoms with van der Waals surface area (Å²) in [5.74, 6) is -4.79. The third-order valence-corrected chi connectivity index (χ3v) is 17.1. The van der Waals surface area contributed by atoms with Crippen molar-refractivity contribution in [2.24, 2.45) is 34.5 Å². The number of hydrogen-bond donors (Lipinski definition) is 3. The van der Waals surface area contributed by atoms with Crippen molar-refractivity contribution in [3.63, 3.8) is 0 Å². The molecular weight excluding hydrogens is 910 g/mol. The van der Waals surface area contributed by atoms with Gasteiger partial charge in [0.1, 0.15) is 16.9 Å². The standard InChI is InChI=1S/C52H56FN3O14/c1-50-16-14-32(57)19-30(50)10-13-33-36-15-17-52(66,51(36,2)21-39(58)41(33)50)40(59)25-68-47(63)27-6-8-28(9-7-27)48(64)69-26-70-49(65)55-18-4-5-29-22-54(24-38(29)55)43-37(53)20-34-42(45(43)67-3)56(31-11-12-31)23-35(44(34)60)46(61)62/h6-9,14,16,19-20,23,29,31,33,36,38-39,41,58,66H,4-5,10-13,15,17-18,21-22,24-26H2,1-3H3,(H,61,62)/t29?,33?,36?,38?,39-,41?,50-,51-,52-/m0/s1. The lowest BCUT2D eigenvalue weighted by molar-refractivity contribution is -0.178. The number of carboxylic acids is 1. The van der Waals surface area contributed by atoms with Crippen LogP contribution < -0.4 is 15.1 Å². The lowest BCUT2D eigenvalue weighted by atomic mass is 9.46. The molecule has 1 aromatic heterocycles. The fraction of sp³-hybridized carbons (Fsp3) is 0.519. The second kappa shape index (κ2) is 17.5. The molecule has 0 radical (unpaired) electrons. The number of carboxylic acid groups (broad SMARTS) is 1. The summed E-state index contributed by atoms with van der Waals surface area (Å²) in [4.78, 5) is 94.0. The molecule has 9 atom stereocenters. The Bertz CT molecular complexity index is 2860. The molecule has 17 nitrogen and oxygen atoms in total. The lowest BCUT2D eigenvalue weighted by Crippen LogP contribution is -2.61. The molecule has 10 rings (SSSR count). The van der Waals surface area contributed by atoms with Crippen molar-refractivity contribution >= 4 is 52.2 Å². The number of piperidine rings is 1. The first-order chi connectivity index (χ1) is 33.4. The molecule has 370 valence electrons. The average molecular weight is 966 g/mol. The second-order valence-electron chi connectivity index (χ2n) is 20.7. The third kappa shape index (κ3) is 7.59. The second-order valence-corrected chi connectivity index (χ2v) is 20.7. The fourth-order valence-electron chi connectivity index (χ4n) is 13.5. The minimum absolute atomic E-state index is 0.00961. The molecule has 5 unspecified atom stereocenters. The van der Waals surface area contributed by atoms with Crippen molar-refractivity contribution in [3.05, 3.63) is 93.1 Å². The lowest BCUT2D eigenvalue weighted by Gasteiger charge is -2.59. The number of halogens is 1. The number of amides is 1. The van der Waals surface area contributed by atoms with Gasteiger partial charge in [-0.15, -0.1) is 0 Å². The molecule has 3 aromatic rings. The van der Waals surface area contributed by atoms with Gasteiger partial charge in [0.2, 0.25) is 18.0 Å². The number of fused-ring (bicyclic) bond motifs is 7. The Balaban J connectivity index is 0.732. The number of carbonyl (C=O) groups is 6. The number of allylic oxidation sites excluding steroid dienone is 4. The van der Waals surface area contributed by atoms with Gasteiger partial charge in [0.25, 0.3) is 0 Å². The van der Waals surface area contributed by atoms with Gasteiger partial charge >= 0.3 is 24.0 Å². The normalized spacial score (nSPS) is 30.9. The average Bonchev–Trinajstić information content (AvgIpc) is 4.03. The van der Waals surface area contributed by atoms with Crippen LogP contribution in [-0.4, -0.2) is 118 Å². The molecular formula is C52H56FN3O14. The van der Waals surface area contributed by atoms with E-state index in [-0.39, 0.29) is 82.8 Å². The number of pyridine rings is 1. The van der Waals surface area contributed by atoms with Gasteiger partial charge in [0.15, 0.2) is 24.0 Å². The smallest absolute Gasteiger partial charge is 0.412 e. The molecule has 7 aliphatic rings. The van der Waals surface area contributed by atoms with E-state index in [0.29, 0.717) is 37.9 Å². The van der Waals surface area contributed by atoms with Crippen LogP contribution in [0.3, 0.4) is 0 Å². The topological polar surface area (TPSA) is 229 Å². The number of hydrogen-bond acceptors (Lipinski definition) is 14. The number of aromatic nitrogens is 1. The molecule has 0 bridgehead atoms. The van der Waals surface area contributed by atoms with Crippen LogP contribution in [-0.2, 0) is 23.8 Å². The number of likely N-dealkylation sites (tertiary alicyclic amines) is 1. The highest BCUT2D eigenvalue weighted by molar-refractivity contribution is 6.01. The molecule has 2 aliphatic heterocycles. The minimum atomic E-state index is -1.84. The predicted molar refractivity (Wildman–Crippen MR) is 247 cm³/mol. The number of esters is 2. The van der Waals surface area contributed by atoms with Gasteiger partial charge < -0.3 is 48.6 Å². The molecule has 4 saturated carbocycles. The first-order valence-electron chi connectivity index (χ1n) is 24.1. The zero-order valence-electron chi connectivity index (χ0n) is 39.2. The number of methoxy groups -OCH3 is 1. The molecule has 3 N–H and O–H groups in total. The molecule has 2 aromatic carbocycles. The van der Waals surface area contributed by atoms with Gasteiger partial charge in [-0.25, -0.2) is 23.6 Å². The SMILES string of the molecule is COc1c(N2CC3CCCN(C(=O)OCOC(=O)c4ccc(C(=O)OCC(=O)[C@@]5(O)CCC6C7CCC8=CC(=O)C=C[C@]8(C)C7[C@@H](O)C[C@@]65C)cc4)C3C2)c(F)cc2c(=O)c(C(=O)O)cn(C3CC3)c12. The number of anilines is 1. The van der Waals surface area contributed by atoms with E-state index < -0.39 is 88.6 Å². The highest BCUT2D eigenvalue weighted by Crippen LogP contribution is 2.67. The van der Waals surface area contributed by atoms with Crippen molar-refractivity contribution in [1.82, 2.24) is 9.47 Å². The monoisotopic (exact) mass is 965 g/mol. The van der Waals surface area contributed by atoms with E-state index in [9.17, 15) is 48.9 Å². The molecule has 70 heavy (non-hydrogen) atoms. The van der Waals surface area contributed by atoms with E-state index in [0.717, 1.165) is 37.3 Å². The molecule has 3 heterocycles. The maximum atomic E-state index is 16.1. The maximum Gasteiger partial charge on any atom is 0.412 e. The van der Waals surface area contributed by atoms with Crippen LogP contribution in [0.25, 0.3) is 10.9 Å². The Morgan fingerprint density at radius 1 is 0.929 bits per heavy atom. The van der Waals surface area contributed by atoms with Crippen molar-refractivity contribution < 1.29 is 67.4 Å². The number of Topliss-reactive ketones (excluding diaryl/α,β-unsaturated/α-hetero) is 1. The number of aliphatic hydroxyl groups is 2. The maximum absolute atomic E-state index is 16.1. The van der Waals surface area contributed by atoms with Gasteiger partial charge in [-0.3, -0.25) is 14.4 Å². The predicted octanol–water partition coefficient (Wildman–Crippen LogP) is 5.77. The summed E-state index contributed by atoms with van der Waals surface area (Å²) in [5, 5.41) is 33.3. The van der Waals surface area contributed by atoms with Gasteiger partial charge in [0, 0.05) is 48.6 Å². The quantitative estimate of drug-likeness (QED) is 0.153. The van der Waals surface area contributed by atoms with E-state index in [1.54, 1.807) is 21.6 Å². The van der Waals surface area contributed by atoms with Crippen LogP contribution in [0.15, 0.2) is 65.1 Å². The molecule has 0 spiro atoms. The van der Waals surface area contributed by atoms with E-state index >= 15 is 4.39 Å². The summed E-state index contributed by atoms with van der Waals surface area (Å²) in [6.45, 7) is 3.38. The first kappa shape index (κ1) is 47.3. The van der Waals surface area contributed by atoms with Crippen molar-refractivity contribution in [2.45, 2.75) is 95.4 Å². The number of aromatic carboxylic acids is 1. The Kier molecular flexibility index (Phi) is 11.8. The Morgan fingerprint density at radius 3 is 2.33 bits per heavy atom. The largest absolute Gasteiger partial charge is 0.492 e. The Morgan fingerprint density at radius 2 is 1.64 bits per heavy atom. The fourth-order valence-corrected chi connectivity index (χ4v) is 13.5. The zero-order valence-corrected chi connectivity index (χ0v) is 39.2. The van der Waals surface area contributed by atoms with Crippen molar-refractivity contribution in [2.75, 3.05) is 45.0 Å². The Hall–Kier alpha value is -6.40. The molecule has 1 amide bonds. The number of nitrogens with zero attached hydrogens (tertiary/aromatic N) is 3. The minimum Gasteiger partial charge on any atom is -0.492 e. The van der Waals surface area contributed by atoms with E-state index in [1.807, 2.05) is 13.0 Å². The summed E-state index contributed by atoms with van der Waals surface area (Å²) >= 11 is 0. The molecule has 6 fully saturated rings. The van der Waals surface area contributed by atoms with Gasteiger partial charge in [-0.1, -0.05) is 25.5 Å². The summed E-state index contributed by atoms with van der Waals surface area (Å²) in [6, 6.07) is 5.87. The van der Waals surface area contributed by atoms with Crippen LogP contribution in [0, 0.1) is 40.3 Å². The summed E-state index contributed by atoms with van der Waals surface area (Å²) in [7, 11) is 1.37. The van der Waals surface area contributed by atoms with Crippen LogP contribution >= 0.6 is 0 Å². The summed E-state index contributed by atoms with van der Waals surface area (Å²) in [6.07, 6.45) is 10.1. The van der Waals surface area contributed by atoms with Crippen LogP contribution in [0.2, 0.25) is 0 Å². The zero-order chi connectivity index (χ0) is 49.6. The molecule has 18 heteroatoms. The molecule has 5 aliphatic carbocycles. The van der Waals surface area contributed by atoms with Gasteiger partial charge in [0.05, 0.1) is 41.3 Å². The summed E-state index contributed by atoms with van der Waals surface area (Å²) < 4.78 is 39.6. The highest BCUT2D eigenvalue weighted by Gasteiger charge is 2.68. The van der Waals surface area contributed by atoms with Crippen molar-refractivity contribution in [1.29, 1.82) is 0 Å². The number of ether oxygens (including phenoxy) is 4. The number of carbonyl (C=O) groups excluding carboxylic acids is 5. The number of benzene rings is 2. The van der Waals surface area contributed by atoms with E-state index in [2.05, 4.69) is 6.92 Å². The van der Waals surface area contributed by atoms with Crippen molar-refractivity contribution in [3.8, 4) is 5.75 Å². The van der Waals surface area contributed by atoms with Crippen LogP contribution in [0.4, 0.5) is 14.9 Å². The van der Waals surface area contributed by atoms with Crippen LogP contribution in [0.5, 0.6) is 5.75 Å². The first-order valence-corrected chi connectivity index (χ1v) is 24.1. The van der Waals surface area contributed by atoms with E-state index in [4.69, 9.17) is 18.9 Å². The number of ketones is 2. The summed E-state index contributed by atoms with van der Waals surface area (Å²) in [5.41, 5.74) is -3.08. The number of aliphatic hydroxyl groups excluding tert-OH is 1. The van der Waals surface area contributed by atoms with Gasteiger partial charge in [-0.2, -0.15) is 0 Å².